The zero-order valence-corrected chi connectivity index (χ0v) is 9.73. The van der Waals surface area contributed by atoms with Gasteiger partial charge in [0, 0.05) is 25.8 Å². The zero-order valence-electron chi connectivity index (χ0n) is 9.73. The Morgan fingerprint density at radius 1 is 1.53 bits per heavy atom. The van der Waals surface area contributed by atoms with Crippen LogP contribution < -0.4 is 0 Å². The fraction of sp³-hybridized carbons (Fsp3) is 0.727. The molecule has 0 aromatic carbocycles. The number of ether oxygens (including phenoxy) is 1. The van der Waals surface area contributed by atoms with Crippen LogP contribution in [0.1, 0.15) is 25.2 Å². The summed E-state index contributed by atoms with van der Waals surface area (Å²) in [6, 6.07) is 2.04. The van der Waals surface area contributed by atoms with E-state index in [1.54, 1.807) is 0 Å². The lowest BCUT2D eigenvalue weighted by Crippen LogP contribution is -2.19. The summed E-state index contributed by atoms with van der Waals surface area (Å²) < 4.78 is 6.99. The van der Waals surface area contributed by atoms with Crippen LogP contribution in [-0.4, -0.2) is 34.2 Å². The molecule has 0 amide bonds. The summed E-state index contributed by atoms with van der Waals surface area (Å²) >= 11 is 0. The van der Waals surface area contributed by atoms with Gasteiger partial charge in [-0.2, -0.15) is 5.10 Å². The van der Waals surface area contributed by atoms with Crippen LogP contribution in [0, 0.1) is 0 Å². The van der Waals surface area contributed by atoms with Crippen molar-refractivity contribution >= 4 is 0 Å². The van der Waals surface area contributed by atoms with E-state index in [9.17, 15) is 5.11 Å². The van der Waals surface area contributed by atoms with E-state index in [1.165, 1.54) is 0 Å². The van der Waals surface area contributed by atoms with E-state index in [1.807, 2.05) is 24.7 Å². The van der Waals surface area contributed by atoms with E-state index in [0.29, 0.717) is 19.6 Å². The Hall–Kier alpha value is -0.870. The highest BCUT2D eigenvalue weighted by atomic mass is 16.5. The van der Waals surface area contributed by atoms with Crippen molar-refractivity contribution in [2.75, 3.05) is 13.2 Å². The van der Waals surface area contributed by atoms with Crippen LogP contribution in [0.5, 0.6) is 0 Å². The first kappa shape index (κ1) is 12.2. The highest BCUT2D eigenvalue weighted by Gasteiger charge is 2.10. The largest absolute Gasteiger partial charge is 0.390 e. The molecule has 0 aliphatic rings. The highest BCUT2D eigenvalue weighted by molar-refractivity contribution is 5.11. The van der Waals surface area contributed by atoms with Gasteiger partial charge in [0.15, 0.2) is 0 Å². The average molecular weight is 212 g/mol. The third-order valence-electron chi connectivity index (χ3n) is 2.35. The molecule has 1 heterocycles. The smallest absolute Gasteiger partial charge is 0.0828 e. The van der Waals surface area contributed by atoms with Crippen LogP contribution in [0.15, 0.2) is 6.07 Å². The molecule has 0 aliphatic heterocycles. The molecule has 0 bridgehead atoms. The summed E-state index contributed by atoms with van der Waals surface area (Å²) in [5, 5.41) is 14.0. The molecule has 0 aliphatic carbocycles. The Kier molecular flexibility index (Phi) is 4.78. The molecule has 0 spiro atoms. The fourth-order valence-electron chi connectivity index (χ4n) is 1.49. The van der Waals surface area contributed by atoms with Crippen LogP contribution in [0.2, 0.25) is 0 Å². The molecule has 1 unspecified atom stereocenters. The number of aryl methyl sites for hydroxylation is 2. The lowest BCUT2D eigenvalue weighted by atomic mass is 10.2. The molecule has 1 aromatic heterocycles. The minimum Gasteiger partial charge on any atom is -0.390 e. The summed E-state index contributed by atoms with van der Waals surface area (Å²) in [7, 11) is 1.90. The lowest BCUT2D eigenvalue weighted by Gasteiger charge is -2.09. The van der Waals surface area contributed by atoms with E-state index in [2.05, 4.69) is 12.0 Å². The maximum atomic E-state index is 9.67. The number of nitrogens with zero attached hydrogens (tertiary/aromatic N) is 2. The number of aliphatic hydroxyl groups is 1. The molecule has 1 aromatic rings. The van der Waals surface area contributed by atoms with Gasteiger partial charge in [-0.15, -0.1) is 0 Å². The summed E-state index contributed by atoms with van der Waals surface area (Å²) in [4.78, 5) is 0. The summed E-state index contributed by atoms with van der Waals surface area (Å²) in [5.74, 6) is 0. The van der Waals surface area contributed by atoms with Gasteiger partial charge in [-0.1, -0.05) is 6.92 Å². The summed E-state index contributed by atoms with van der Waals surface area (Å²) in [6.07, 6.45) is 1.09. The van der Waals surface area contributed by atoms with Crippen LogP contribution in [0.3, 0.4) is 0 Å². The molecular weight excluding hydrogens is 192 g/mol. The third-order valence-corrected chi connectivity index (χ3v) is 2.35. The van der Waals surface area contributed by atoms with Crippen molar-refractivity contribution in [1.82, 2.24) is 9.78 Å². The standard InChI is InChI=1S/C11H20N2O2/c1-4-9-6-10(13(3)12-9)7-11(14)8-15-5-2/h6,11,14H,4-5,7-8H2,1-3H3. The molecule has 1 rings (SSSR count). The van der Waals surface area contributed by atoms with Gasteiger partial charge in [-0.05, 0) is 19.4 Å². The van der Waals surface area contributed by atoms with E-state index < -0.39 is 6.10 Å². The minimum absolute atomic E-state index is 0.392. The first-order valence-corrected chi connectivity index (χ1v) is 5.45. The quantitative estimate of drug-likeness (QED) is 0.763. The Morgan fingerprint density at radius 3 is 2.80 bits per heavy atom. The molecule has 0 saturated heterocycles. The minimum atomic E-state index is -0.440. The Morgan fingerprint density at radius 2 is 2.27 bits per heavy atom. The number of aliphatic hydroxyl groups excluding tert-OH is 1. The van der Waals surface area contributed by atoms with Gasteiger partial charge in [0.25, 0.3) is 0 Å². The predicted molar refractivity (Wildman–Crippen MR) is 58.8 cm³/mol. The summed E-state index contributed by atoms with van der Waals surface area (Å²) in [6.45, 7) is 5.03. The van der Waals surface area contributed by atoms with Gasteiger partial charge < -0.3 is 9.84 Å². The van der Waals surface area contributed by atoms with Gasteiger partial charge >= 0.3 is 0 Å². The van der Waals surface area contributed by atoms with Crippen LogP contribution >= 0.6 is 0 Å². The van der Waals surface area contributed by atoms with Gasteiger partial charge in [-0.25, -0.2) is 0 Å². The van der Waals surface area contributed by atoms with Crippen molar-refractivity contribution in [2.24, 2.45) is 7.05 Å². The molecule has 1 N–H and O–H groups in total. The maximum Gasteiger partial charge on any atom is 0.0828 e. The Labute approximate surface area is 90.9 Å². The molecule has 4 heteroatoms. The van der Waals surface area contributed by atoms with Crippen molar-refractivity contribution < 1.29 is 9.84 Å². The predicted octanol–water partition coefficient (Wildman–Crippen LogP) is 0.922. The number of aromatic nitrogens is 2. The van der Waals surface area contributed by atoms with Crippen LogP contribution in [0.4, 0.5) is 0 Å². The first-order valence-electron chi connectivity index (χ1n) is 5.45. The van der Waals surface area contributed by atoms with Gasteiger partial charge in [0.1, 0.15) is 0 Å². The van der Waals surface area contributed by atoms with Gasteiger partial charge in [0.2, 0.25) is 0 Å². The maximum absolute atomic E-state index is 9.67. The van der Waals surface area contributed by atoms with Crippen molar-refractivity contribution in [3.05, 3.63) is 17.5 Å². The molecule has 4 nitrogen and oxygen atoms in total. The molecule has 0 fully saturated rings. The van der Waals surface area contributed by atoms with Crippen molar-refractivity contribution in [3.8, 4) is 0 Å². The van der Waals surface area contributed by atoms with E-state index in [4.69, 9.17) is 4.74 Å². The topological polar surface area (TPSA) is 47.3 Å². The summed E-state index contributed by atoms with van der Waals surface area (Å²) in [5.41, 5.74) is 2.12. The second-order valence-corrected chi connectivity index (χ2v) is 3.62. The zero-order chi connectivity index (χ0) is 11.3. The second kappa shape index (κ2) is 5.88. The van der Waals surface area contributed by atoms with Gasteiger partial charge in [0.05, 0.1) is 18.4 Å². The molecule has 86 valence electrons. The van der Waals surface area contributed by atoms with Crippen molar-refractivity contribution in [1.29, 1.82) is 0 Å². The number of hydrogen-bond donors (Lipinski definition) is 1. The monoisotopic (exact) mass is 212 g/mol. The van der Waals surface area contributed by atoms with E-state index >= 15 is 0 Å². The Balaban J connectivity index is 2.51. The fourth-order valence-corrected chi connectivity index (χ4v) is 1.49. The van der Waals surface area contributed by atoms with Crippen LogP contribution in [0.25, 0.3) is 0 Å². The van der Waals surface area contributed by atoms with Crippen LogP contribution in [-0.2, 0) is 24.6 Å². The van der Waals surface area contributed by atoms with E-state index in [-0.39, 0.29) is 0 Å². The molecular formula is C11H20N2O2. The number of rotatable bonds is 6. The lowest BCUT2D eigenvalue weighted by molar-refractivity contribution is 0.0420. The second-order valence-electron chi connectivity index (χ2n) is 3.62. The third kappa shape index (κ3) is 3.64. The average Bonchev–Trinajstić information content (AvgIpc) is 2.57. The molecule has 0 saturated carbocycles. The SMILES string of the molecule is CCOCC(O)Cc1cc(CC)nn1C. The first-order chi connectivity index (χ1) is 7.17. The Bertz CT molecular complexity index is 297. The molecule has 1 atom stereocenters. The van der Waals surface area contributed by atoms with Gasteiger partial charge in [-0.3, -0.25) is 4.68 Å². The normalized spacial score (nSPS) is 13.1. The highest BCUT2D eigenvalue weighted by Crippen LogP contribution is 2.07. The van der Waals surface area contributed by atoms with E-state index in [0.717, 1.165) is 17.8 Å². The van der Waals surface area contributed by atoms with Crippen molar-refractivity contribution in [3.63, 3.8) is 0 Å². The molecule has 0 radical (unpaired) electrons. The molecule has 15 heavy (non-hydrogen) atoms. The number of hydrogen-bond acceptors (Lipinski definition) is 3. The van der Waals surface area contributed by atoms with Crippen molar-refractivity contribution in [2.45, 2.75) is 32.8 Å².